The number of carbonyl (C=O) groups excluding carboxylic acids is 2. The number of rotatable bonds is 14. The van der Waals surface area contributed by atoms with E-state index >= 15 is 0 Å². The largest absolute Gasteiger partial charge is 0.457 e. The molecule has 3 atom stereocenters. The summed E-state index contributed by atoms with van der Waals surface area (Å²) in [5, 5.41) is 1.95. The Morgan fingerprint density at radius 2 is 1.75 bits per heavy atom. The summed E-state index contributed by atoms with van der Waals surface area (Å²) in [5.74, 6) is 0.790. The van der Waals surface area contributed by atoms with Gasteiger partial charge in [-0.1, -0.05) is 24.6 Å². The van der Waals surface area contributed by atoms with E-state index in [9.17, 15) is 22.8 Å². The second kappa shape index (κ2) is 16.8. The Bertz CT molecular complexity index is 1970. The maximum Gasteiger partial charge on any atom is 0.419 e. The highest BCUT2D eigenvalue weighted by Crippen LogP contribution is 2.31. The van der Waals surface area contributed by atoms with E-state index in [1.165, 1.54) is 16.7 Å². The van der Waals surface area contributed by atoms with Crippen LogP contribution in [0.3, 0.4) is 0 Å². The van der Waals surface area contributed by atoms with Crippen molar-refractivity contribution in [2.45, 2.75) is 58.7 Å². The lowest BCUT2D eigenvalue weighted by Gasteiger charge is -2.31. The van der Waals surface area contributed by atoms with Crippen LogP contribution < -0.4 is 15.2 Å². The normalized spacial score (nSPS) is 19.2. The number of halogens is 3. The molecule has 0 aliphatic carbocycles. The monoisotopic (exact) mass is 716 g/mol. The van der Waals surface area contributed by atoms with Gasteiger partial charge in [0.1, 0.15) is 36.7 Å². The molecule has 0 aromatic heterocycles. The molecule has 2 heterocycles. The highest BCUT2D eigenvalue weighted by Gasteiger charge is 2.31. The van der Waals surface area contributed by atoms with Crippen LogP contribution >= 0.6 is 0 Å². The summed E-state index contributed by atoms with van der Waals surface area (Å²) < 4.78 is 57.4. The molecule has 2 aliphatic heterocycles. The van der Waals surface area contributed by atoms with Crippen LogP contribution in [-0.2, 0) is 15.7 Å². The van der Waals surface area contributed by atoms with Crippen LogP contribution in [0.4, 0.5) is 13.2 Å². The van der Waals surface area contributed by atoms with E-state index in [1.54, 1.807) is 30.3 Å². The zero-order valence-corrected chi connectivity index (χ0v) is 30.3. The second-order valence-corrected chi connectivity index (χ2v) is 13.9. The summed E-state index contributed by atoms with van der Waals surface area (Å²) in [6.07, 6.45) is 5.09. The third-order valence-electron chi connectivity index (χ3n) is 9.51. The Balaban J connectivity index is 1.20. The Morgan fingerprint density at radius 1 is 1.06 bits per heavy atom. The number of amides is 1. The van der Waals surface area contributed by atoms with Crippen molar-refractivity contribution in [2.75, 3.05) is 40.0 Å². The third-order valence-corrected chi connectivity index (χ3v) is 9.51. The summed E-state index contributed by atoms with van der Waals surface area (Å²) in [5.41, 5.74) is 5.70. The molecule has 0 spiro atoms. The second-order valence-electron chi connectivity index (χ2n) is 13.9. The fourth-order valence-corrected chi connectivity index (χ4v) is 6.69. The van der Waals surface area contributed by atoms with Gasteiger partial charge in [-0.15, -0.1) is 0 Å². The molecule has 0 radical (unpaired) electrons. The number of benzene rings is 3. The molecular weight excluding hydrogens is 669 g/mol. The van der Waals surface area contributed by atoms with E-state index in [1.807, 2.05) is 26.0 Å². The number of ketones is 1. The van der Waals surface area contributed by atoms with E-state index in [2.05, 4.69) is 38.8 Å². The number of quaternary nitrogens is 1. The minimum Gasteiger partial charge on any atom is -0.457 e. The van der Waals surface area contributed by atoms with E-state index in [4.69, 9.17) is 14.2 Å². The molecule has 2 aliphatic rings. The summed E-state index contributed by atoms with van der Waals surface area (Å²) in [6, 6.07) is 14.8. The summed E-state index contributed by atoms with van der Waals surface area (Å²) >= 11 is 0. The van der Waals surface area contributed by atoms with Crippen molar-refractivity contribution in [1.29, 1.82) is 0 Å². The maximum absolute atomic E-state index is 13.4. The first-order valence-corrected chi connectivity index (χ1v) is 17.7. The molecule has 1 amide bonds. The molecule has 52 heavy (non-hydrogen) atoms. The standard InChI is InChI=1S/C42H47F3N2O5/c1-6-7-31(9-8-29(2)24-40(48)33-10-15-35(16-11-33)52-36-17-13-34(14-18-36)42(43,44)45)26-47(5)21-20-32-12-19-38(30(3)39(32)27-47)41(49)46(4)25-37-28-50-22-23-51-37/h10-19,21,24,27,31,37H,4,6-9,22-23,25-26,28H2,1-3,5H3/q+2. The van der Waals surface area contributed by atoms with Crippen LogP contribution in [0.5, 0.6) is 11.5 Å². The van der Waals surface area contributed by atoms with E-state index < -0.39 is 11.7 Å². The number of nitrogens with zero attached hydrogens (tertiary/aromatic N) is 2. The quantitative estimate of drug-likeness (QED) is 0.0582. The minimum absolute atomic E-state index is 0.121. The van der Waals surface area contributed by atoms with E-state index in [-0.39, 0.29) is 23.5 Å². The van der Waals surface area contributed by atoms with Crippen molar-refractivity contribution >= 4 is 30.3 Å². The van der Waals surface area contributed by atoms with Gasteiger partial charge in [0.25, 0.3) is 0 Å². The zero-order chi connectivity index (χ0) is 37.5. The molecule has 0 N–H and O–H groups in total. The number of carbonyl (C=O) groups is 2. The highest BCUT2D eigenvalue weighted by atomic mass is 19.4. The third kappa shape index (κ3) is 10.0. The van der Waals surface area contributed by atoms with Gasteiger partial charge in [0.05, 0.1) is 44.5 Å². The number of allylic oxidation sites excluding steroid dienone is 2. The minimum atomic E-state index is -4.41. The van der Waals surface area contributed by atoms with Crippen molar-refractivity contribution in [3.05, 3.63) is 111 Å². The van der Waals surface area contributed by atoms with E-state index in [0.717, 1.165) is 65.9 Å². The van der Waals surface area contributed by atoms with Gasteiger partial charge in [-0.3, -0.25) is 9.28 Å². The molecule has 0 bridgehead atoms. The lowest BCUT2D eigenvalue weighted by molar-refractivity contribution is -0.781. The average molecular weight is 717 g/mol. The predicted octanol–water partition coefficient (Wildman–Crippen LogP) is 7.19. The molecule has 3 aromatic rings. The average Bonchev–Trinajstić information content (AvgIpc) is 3.11. The summed E-state index contributed by atoms with van der Waals surface area (Å²) in [7, 11) is 2.15. The highest BCUT2D eigenvalue weighted by molar-refractivity contribution is 6.04. The molecule has 1 fully saturated rings. The van der Waals surface area contributed by atoms with Crippen LogP contribution in [0.25, 0.3) is 11.9 Å². The molecule has 5 rings (SSSR count). The van der Waals surface area contributed by atoms with Gasteiger partial charge in [-0.2, -0.15) is 17.7 Å². The molecule has 3 aromatic carbocycles. The first-order valence-electron chi connectivity index (χ1n) is 17.7. The van der Waals surface area contributed by atoms with Gasteiger partial charge in [0, 0.05) is 21.9 Å². The molecule has 10 heteroatoms. The lowest BCUT2D eigenvalue weighted by Crippen LogP contribution is -2.44. The summed E-state index contributed by atoms with van der Waals surface area (Å²) in [6.45, 7) is 12.8. The first-order chi connectivity index (χ1) is 24.7. The Hall–Kier alpha value is -4.60. The first kappa shape index (κ1) is 38.6. The van der Waals surface area contributed by atoms with Gasteiger partial charge >= 0.3 is 12.1 Å². The van der Waals surface area contributed by atoms with Gasteiger partial charge in [0.2, 0.25) is 0 Å². The molecule has 3 unspecified atom stereocenters. The number of hydrogen-bond acceptors (Lipinski definition) is 5. The SMILES string of the molecule is C=[N+](CC1COCCO1)C(=O)c1ccc2c(c1C)=C[N+](C)(CC(CCC)CCC(C)=CC(=O)c1ccc(Oc3ccc(C(F)(F)F)cc3)cc1)C=C=2. The van der Waals surface area contributed by atoms with Crippen LogP contribution in [0.1, 0.15) is 71.4 Å². The lowest BCUT2D eigenvalue weighted by atomic mass is 9.93. The molecule has 274 valence electrons. The van der Waals surface area contributed by atoms with Crippen LogP contribution in [0.2, 0.25) is 0 Å². The van der Waals surface area contributed by atoms with Crippen molar-refractivity contribution in [3.8, 4) is 11.5 Å². The molecule has 0 saturated carbocycles. The Kier molecular flexibility index (Phi) is 12.5. The topological polar surface area (TPSA) is 64.8 Å². The molecular formula is C42H47F3N2O5+2. The van der Waals surface area contributed by atoms with Crippen LogP contribution in [-0.4, -0.2) is 73.5 Å². The van der Waals surface area contributed by atoms with Gasteiger partial charge in [-0.05, 0) is 105 Å². The van der Waals surface area contributed by atoms with Crippen LogP contribution in [0, 0.1) is 12.8 Å². The number of ether oxygens (including phenoxy) is 3. The van der Waals surface area contributed by atoms with Crippen LogP contribution in [0.15, 0.2) is 78.5 Å². The number of hydrogen-bond donors (Lipinski definition) is 0. The number of fused-ring (bicyclic) bond motifs is 1. The maximum atomic E-state index is 13.4. The van der Waals surface area contributed by atoms with Gasteiger partial charge in [0.15, 0.2) is 12.3 Å². The smallest absolute Gasteiger partial charge is 0.419 e. The Labute approximate surface area is 303 Å². The Morgan fingerprint density at radius 3 is 2.38 bits per heavy atom. The van der Waals surface area contributed by atoms with Gasteiger partial charge in [-0.25, -0.2) is 4.79 Å². The predicted molar refractivity (Wildman–Crippen MR) is 195 cm³/mol. The molecule has 1 saturated heterocycles. The van der Waals surface area contributed by atoms with Crippen molar-refractivity contribution in [1.82, 2.24) is 0 Å². The van der Waals surface area contributed by atoms with Crippen molar-refractivity contribution in [2.24, 2.45) is 5.92 Å². The summed E-state index contributed by atoms with van der Waals surface area (Å²) in [4.78, 5) is 26.5. The van der Waals surface area contributed by atoms with E-state index in [0.29, 0.717) is 53.6 Å². The van der Waals surface area contributed by atoms with Crippen molar-refractivity contribution in [3.63, 3.8) is 0 Å². The molecule has 7 nitrogen and oxygen atoms in total. The van der Waals surface area contributed by atoms with Crippen molar-refractivity contribution < 1.29 is 46.0 Å². The fourth-order valence-electron chi connectivity index (χ4n) is 6.69. The number of alkyl halides is 3. The van der Waals surface area contributed by atoms with Gasteiger partial charge < -0.3 is 14.2 Å². The zero-order valence-electron chi connectivity index (χ0n) is 30.3. The fraction of sp³-hybridized carbons (Fsp3) is 0.381.